The Hall–Kier alpha value is -3.09. The molecular weight excluding hydrogens is 342 g/mol. The molecule has 1 saturated heterocycles. The van der Waals surface area contributed by atoms with E-state index in [2.05, 4.69) is 44.8 Å². The van der Waals surface area contributed by atoms with Gasteiger partial charge in [-0.05, 0) is 31.0 Å². The third-order valence-electron chi connectivity index (χ3n) is 4.54. The van der Waals surface area contributed by atoms with Crippen LogP contribution in [0.3, 0.4) is 0 Å². The first kappa shape index (κ1) is 18.7. The van der Waals surface area contributed by atoms with Crippen molar-refractivity contribution in [1.29, 1.82) is 0 Å². The summed E-state index contributed by atoms with van der Waals surface area (Å²) in [6.07, 6.45) is 1.04. The number of aliphatic imine (C=N–C) groups is 1. The van der Waals surface area contributed by atoms with Gasteiger partial charge in [-0.25, -0.2) is 4.99 Å². The average Bonchev–Trinajstić information content (AvgIpc) is 3.16. The highest BCUT2D eigenvalue weighted by Gasteiger charge is 2.23. The number of benzene rings is 2. The molecule has 0 aliphatic carbocycles. The molecule has 0 radical (unpaired) electrons. The quantitative estimate of drug-likeness (QED) is 0.355. The van der Waals surface area contributed by atoms with E-state index in [4.69, 9.17) is 0 Å². The molecule has 2 aromatic carbocycles. The van der Waals surface area contributed by atoms with E-state index < -0.39 is 0 Å². The van der Waals surface area contributed by atoms with Crippen molar-refractivity contribution >= 4 is 17.3 Å². The monoisotopic (exact) mass is 367 g/mol. The molecule has 7 nitrogen and oxygen atoms in total. The first-order valence-electron chi connectivity index (χ1n) is 9.24. The van der Waals surface area contributed by atoms with Gasteiger partial charge >= 0.3 is 0 Å². The number of nitro benzene ring substituents is 1. The zero-order valence-electron chi connectivity index (χ0n) is 15.5. The maximum atomic E-state index is 10.9. The Morgan fingerprint density at radius 2 is 2.07 bits per heavy atom. The summed E-state index contributed by atoms with van der Waals surface area (Å²) >= 11 is 0. The Labute approximate surface area is 159 Å². The molecule has 1 heterocycles. The van der Waals surface area contributed by atoms with E-state index in [1.807, 2.05) is 19.1 Å². The van der Waals surface area contributed by atoms with Gasteiger partial charge in [-0.1, -0.05) is 30.3 Å². The molecule has 0 spiro atoms. The number of rotatable bonds is 6. The van der Waals surface area contributed by atoms with Crippen molar-refractivity contribution in [3.05, 3.63) is 70.3 Å². The van der Waals surface area contributed by atoms with Crippen LogP contribution in [-0.4, -0.2) is 36.6 Å². The fraction of sp³-hybridized carbons (Fsp3) is 0.350. The first-order chi connectivity index (χ1) is 13.2. The smallest absolute Gasteiger partial charge is 0.269 e. The molecule has 1 atom stereocenters. The SMILES string of the molecule is CCNC(=NCc1cccc([N+](=O)[O-])c1)NC1CCN(c2ccccc2)C1. The minimum Gasteiger partial charge on any atom is -0.369 e. The van der Waals surface area contributed by atoms with Crippen molar-refractivity contribution in [3.63, 3.8) is 0 Å². The van der Waals surface area contributed by atoms with Crippen molar-refractivity contribution < 1.29 is 4.92 Å². The lowest BCUT2D eigenvalue weighted by Crippen LogP contribution is -2.44. The Morgan fingerprint density at radius 3 is 2.81 bits per heavy atom. The van der Waals surface area contributed by atoms with Crippen LogP contribution in [0.1, 0.15) is 18.9 Å². The van der Waals surface area contributed by atoms with Crippen molar-refractivity contribution in [2.24, 2.45) is 4.99 Å². The summed E-state index contributed by atoms with van der Waals surface area (Å²) in [4.78, 5) is 17.5. The number of nitro groups is 1. The average molecular weight is 367 g/mol. The molecule has 0 aromatic heterocycles. The van der Waals surface area contributed by atoms with Crippen LogP contribution in [-0.2, 0) is 6.54 Å². The van der Waals surface area contributed by atoms with Crippen molar-refractivity contribution in [1.82, 2.24) is 10.6 Å². The zero-order valence-corrected chi connectivity index (χ0v) is 15.5. The van der Waals surface area contributed by atoms with Gasteiger partial charge in [0.2, 0.25) is 0 Å². The fourth-order valence-electron chi connectivity index (χ4n) is 3.20. The van der Waals surface area contributed by atoms with E-state index in [0.717, 1.165) is 37.6 Å². The van der Waals surface area contributed by atoms with Crippen LogP contribution >= 0.6 is 0 Å². The highest BCUT2D eigenvalue weighted by atomic mass is 16.6. The first-order valence-corrected chi connectivity index (χ1v) is 9.24. The Morgan fingerprint density at radius 1 is 1.26 bits per heavy atom. The molecule has 142 valence electrons. The number of hydrogen-bond donors (Lipinski definition) is 2. The highest BCUT2D eigenvalue weighted by molar-refractivity contribution is 5.80. The molecule has 1 aliphatic rings. The number of guanidine groups is 1. The van der Waals surface area contributed by atoms with Gasteiger partial charge < -0.3 is 15.5 Å². The summed E-state index contributed by atoms with van der Waals surface area (Å²) < 4.78 is 0. The van der Waals surface area contributed by atoms with E-state index in [0.29, 0.717) is 12.6 Å². The number of non-ortho nitro benzene ring substituents is 1. The predicted molar refractivity (Wildman–Crippen MR) is 108 cm³/mol. The third kappa shape index (κ3) is 5.20. The molecule has 1 unspecified atom stereocenters. The van der Waals surface area contributed by atoms with E-state index in [-0.39, 0.29) is 10.6 Å². The topological polar surface area (TPSA) is 82.8 Å². The predicted octanol–water partition coefficient (Wildman–Crippen LogP) is 2.93. The molecule has 2 N–H and O–H groups in total. The van der Waals surface area contributed by atoms with E-state index in [1.165, 1.54) is 11.8 Å². The lowest BCUT2D eigenvalue weighted by atomic mass is 10.2. The largest absolute Gasteiger partial charge is 0.369 e. The number of nitrogens with one attached hydrogen (secondary N) is 2. The van der Waals surface area contributed by atoms with E-state index >= 15 is 0 Å². The second kappa shape index (κ2) is 9.02. The van der Waals surface area contributed by atoms with Gasteiger partial charge in [0, 0.05) is 43.5 Å². The Balaban J connectivity index is 1.61. The molecule has 0 saturated carbocycles. The normalized spacial score (nSPS) is 17.0. The maximum Gasteiger partial charge on any atom is 0.269 e. The molecule has 0 amide bonds. The molecule has 7 heteroatoms. The van der Waals surface area contributed by atoms with Gasteiger partial charge in [0.1, 0.15) is 0 Å². The van der Waals surface area contributed by atoms with Crippen LogP contribution in [0.2, 0.25) is 0 Å². The molecule has 2 aromatic rings. The summed E-state index contributed by atoms with van der Waals surface area (Å²) in [5, 5.41) is 17.7. The van der Waals surface area contributed by atoms with Crippen molar-refractivity contribution in [3.8, 4) is 0 Å². The second-order valence-electron chi connectivity index (χ2n) is 6.53. The van der Waals surface area contributed by atoms with Crippen LogP contribution in [0.25, 0.3) is 0 Å². The van der Waals surface area contributed by atoms with Crippen LogP contribution in [0.15, 0.2) is 59.6 Å². The van der Waals surface area contributed by atoms with Crippen LogP contribution in [0.5, 0.6) is 0 Å². The van der Waals surface area contributed by atoms with Gasteiger partial charge in [-0.3, -0.25) is 10.1 Å². The lowest BCUT2D eigenvalue weighted by Gasteiger charge is -2.20. The number of para-hydroxylation sites is 1. The van der Waals surface area contributed by atoms with Gasteiger partial charge in [0.25, 0.3) is 5.69 Å². The van der Waals surface area contributed by atoms with Crippen molar-refractivity contribution in [2.75, 3.05) is 24.5 Å². The van der Waals surface area contributed by atoms with E-state index in [1.54, 1.807) is 12.1 Å². The summed E-state index contributed by atoms with van der Waals surface area (Å²) in [5.74, 6) is 0.740. The number of nitrogens with zero attached hydrogens (tertiary/aromatic N) is 3. The molecule has 1 fully saturated rings. The number of anilines is 1. The summed E-state index contributed by atoms with van der Waals surface area (Å²) in [5.41, 5.74) is 2.15. The second-order valence-corrected chi connectivity index (χ2v) is 6.53. The van der Waals surface area contributed by atoms with Gasteiger partial charge in [0.15, 0.2) is 5.96 Å². The standard InChI is InChI=1S/C20H25N5O2/c1-2-21-20(22-14-16-7-6-10-19(13-16)25(26)27)23-17-11-12-24(15-17)18-8-4-3-5-9-18/h3-10,13,17H,2,11-12,14-15H2,1H3,(H2,21,22,23). The minimum atomic E-state index is -0.382. The Kier molecular flexibility index (Phi) is 6.25. The molecule has 1 aliphatic heterocycles. The highest BCUT2D eigenvalue weighted by Crippen LogP contribution is 2.19. The van der Waals surface area contributed by atoms with Crippen LogP contribution < -0.4 is 15.5 Å². The van der Waals surface area contributed by atoms with Crippen molar-refractivity contribution in [2.45, 2.75) is 25.9 Å². The van der Waals surface area contributed by atoms with Crippen LogP contribution in [0, 0.1) is 10.1 Å². The molecule has 3 rings (SSSR count). The van der Waals surface area contributed by atoms with Crippen LogP contribution in [0.4, 0.5) is 11.4 Å². The minimum absolute atomic E-state index is 0.0926. The maximum absolute atomic E-state index is 10.9. The van der Waals surface area contributed by atoms with Gasteiger partial charge in [0.05, 0.1) is 11.5 Å². The van der Waals surface area contributed by atoms with E-state index in [9.17, 15) is 10.1 Å². The third-order valence-corrected chi connectivity index (χ3v) is 4.54. The molecular formula is C20H25N5O2. The molecule has 0 bridgehead atoms. The van der Waals surface area contributed by atoms with Gasteiger partial charge in [-0.15, -0.1) is 0 Å². The molecule has 27 heavy (non-hydrogen) atoms. The summed E-state index contributed by atoms with van der Waals surface area (Å²) in [6, 6.07) is 17.3. The number of hydrogen-bond acceptors (Lipinski definition) is 4. The fourth-order valence-corrected chi connectivity index (χ4v) is 3.20. The Bertz CT molecular complexity index is 794. The summed E-state index contributed by atoms with van der Waals surface area (Å²) in [6.45, 7) is 5.11. The zero-order chi connectivity index (χ0) is 19.1. The lowest BCUT2D eigenvalue weighted by molar-refractivity contribution is -0.384. The van der Waals surface area contributed by atoms with Gasteiger partial charge in [-0.2, -0.15) is 0 Å². The summed E-state index contributed by atoms with van der Waals surface area (Å²) in [7, 11) is 0.